The monoisotopic (exact) mass is 355 g/mol. The van der Waals surface area contributed by atoms with E-state index in [0.29, 0.717) is 18.9 Å². The number of nitrogens with zero attached hydrogens (tertiary/aromatic N) is 1. The van der Waals surface area contributed by atoms with Crippen LogP contribution in [0, 0.1) is 6.92 Å². The van der Waals surface area contributed by atoms with Crippen LogP contribution in [0.2, 0.25) is 0 Å². The Balaban J connectivity index is 1.70. The summed E-state index contributed by atoms with van der Waals surface area (Å²) in [4.78, 5) is 17.5. The van der Waals surface area contributed by atoms with Gasteiger partial charge in [0.2, 0.25) is 5.91 Å². The van der Waals surface area contributed by atoms with Crippen LogP contribution in [0.5, 0.6) is 0 Å². The van der Waals surface area contributed by atoms with Crippen LogP contribution in [0.1, 0.15) is 15.3 Å². The van der Waals surface area contributed by atoms with Crippen molar-refractivity contribution in [3.05, 3.63) is 51.9 Å². The van der Waals surface area contributed by atoms with E-state index in [1.165, 1.54) is 17.0 Å². The van der Waals surface area contributed by atoms with Crippen molar-refractivity contribution >= 4 is 29.1 Å². The summed E-state index contributed by atoms with van der Waals surface area (Å²) in [5, 5.41) is 5.51. The van der Waals surface area contributed by atoms with E-state index in [9.17, 15) is 18.0 Å². The third-order valence-corrected chi connectivity index (χ3v) is 3.95. The SMILES string of the molecule is Cc1ccc(C=CC(=O)NCCNc2ccc(C(F)(F)F)cn2)s1. The summed E-state index contributed by atoms with van der Waals surface area (Å²) in [6, 6.07) is 6.12. The highest BCUT2D eigenvalue weighted by Gasteiger charge is 2.30. The lowest BCUT2D eigenvalue weighted by atomic mass is 10.3. The van der Waals surface area contributed by atoms with Gasteiger partial charge in [-0.3, -0.25) is 4.79 Å². The maximum Gasteiger partial charge on any atom is 0.417 e. The number of halogens is 3. The number of hydrogen-bond donors (Lipinski definition) is 2. The number of alkyl halides is 3. The molecule has 0 aliphatic rings. The highest BCUT2D eigenvalue weighted by atomic mass is 32.1. The zero-order chi connectivity index (χ0) is 17.6. The molecule has 0 radical (unpaired) electrons. The van der Waals surface area contributed by atoms with Crippen molar-refractivity contribution in [1.29, 1.82) is 0 Å². The Bertz CT molecular complexity index is 708. The molecule has 0 saturated carbocycles. The molecule has 8 heteroatoms. The van der Waals surface area contributed by atoms with Crippen LogP contribution >= 0.6 is 11.3 Å². The van der Waals surface area contributed by atoms with E-state index in [1.54, 1.807) is 17.4 Å². The smallest absolute Gasteiger partial charge is 0.368 e. The first kappa shape index (κ1) is 18.0. The lowest BCUT2D eigenvalue weighted by molar-refractivity contribution is -0.137. The van der Waals surface area contributed by atoms with Gasteiger partial charge >= 0.3 is 6.18 Å². The number of nitrogens with one attached hydrogen (secondary N) is 2. The molecular weight excluding hydrogens is 339 g/mol. The molecule has 0 unspecified atom stereocenters. The molecule has 0 aromatic carbocycles. The van der Waals surface area contributed by atoms with Gasteiger partial charge in [0, 0.05) is 35.1 Å². The second kappa shape index (κ2) is 7.96. The van der Waals surface area contributed by atoms with Gasteiger partial charge in [-0.15, -0.1) is 11.3 Å². The molecule has 2 N–H and O–H groups in total. The lowest BCUT2D eigenvalue weighted by Crippen LogP contribution is -2.27. The Morgan fingerprint density at radius 1 is 1.25 bits per heavy atom. The zero-order valence-corrected chi connectivity index (χ0v) is 13.7. The molecule has 0 aliphatic heterocycles. The minimum absolute atomic E-state index is 0.233. The van der Waals surface area contributed by atoms with Gasteiger partial charge in [0.15, 0.2) is 0 Å². The van der Waals surface area contributed by atoms with E-state index in [2.05, 4.69) is 15.6 Å². The third kappa shape index (κ3) is 5.69. The van der Waals surface area contributed by atoms with Crippen molar-refractivity contribution in [2.24, 2.45) is 0 Å². The fraction of sp³-hybridized carbons (Fsp3) is 0.250. The van der Waals surface area contributed by atoms with Crippen LogP contribution in [-0.2, 0) is 11.0 Å². The number of pyridine rings is 1. The van der Waals surface area contributed by atoms with E-state index < -0.39 is 11.7 Å². The van der Waals surface area contributed by atoms with Gasteiger partial charge in [-0.1, -0.05) is 0 Å². The summed E-state index contributed by atoms with van der Waals surface area (Å²) in [6.07, 6.45) is -0.445. The fourth-order valence-corrected chi connectivity index (χ4v) is 2.58. The fourth-order valence-electron chi connectivity index (χ4n) is 1.80. The average molecular weight is 355 g/mol. The zero-order valence-electron chi connectivity index (χ0n) is 12.9. The molecule has 4 nitrogen and oxygen atoms in total. The van der Waals surface area contributed by atoms with Crippen LogP contribution in [0.3, 0.4) is 0 Å². The molecule has 0 atom stereocenters. The minimum Gasteiger partial charge on any atom is -0.368 e. The van der Waals surface area contributed by atoms with Gasteiger partial charge in [0.05, 0.1) is 5.56 Å². The quantitative estimate of drug-likeness (QED) is 0.613. The first-order valence-electron chi connectivity index (χ1n) is 7.14. The molecule has 0 fully saturated rings. The normalized spacial score (nSPS) is 11.7. The number of amides is 1. The molecule has 2 heterocycles. The van der Waals surface area contributed by atoms with Gasteiger partial charge in [-0.2, -0.15) is 13.2 Å². The standard InChI is InChI=1S/C16H16F3N3OS/c1-11-2-4-13(24-11)5-7-15(23)21-9-8-20-14-6-3-12(10-22-14)16(17,18)19/h2-7,10H,8-9H2,1H3,(H,20,22)(H,21,23). The molecule has 2 aromatic rings. The molecule has 24 heavy (non-hydrogen) atoms. The number of rotatable bonds is 6. The maximum absolute atomic E-state index is 12.4. The van der Waals surface area contributed by atoms with E-state index >= 15 is 0 Å². The molecule has 0 bridgehead atoms. The summed E-state index contributed by atoms with van der Waals surface area (Å²) in [5.41, 5.74) is -0.796. The number of hydrogen-bond acceptors (Lipinski definition) is 4. The Kier molecular flexibility index (Phi) is 5.97. The Morgan fingerprint density at radius 2 is 2.04 bits per heavy atom. The van der Waals surface area contributed by atoms with Crippen LogP contribution in [0.25, 0.3) is 6.08 Å². The van der Waals surface area contributed by atoms with Crippen molar-refractivity contribution in [3.8, 4) is 0 Å². The molecular formula is C16H16F3N3OS. The minimum atomic E-state index is -4.40. The van der Waals surface area contributed by atoms with Crippen molar-refractivity contribution in [1.82, 2.24) is 10.3 Å². The molecule has 0 saturated heterocycles. The second-order valence-electron chi connectivity index (χ2n) is 4.93. The summed E-state index contributed by atoms with van der Waals surface area (Å²) >= 11 is 1.59. The summed E-state index contributed by atoms with van der Waals surface area (Å²) in [6.45, 7) is 2.68. The molecule has 1 amide bonds. The van der Waals surface area contributed by atoms with Crippen molar-refractivity contribution in [2.45, 2.75) is 13.1 Å². The predicted molar refractivity (Wildman–Crippen MR) is 88.8 cm³/mol. The van der Waals surface area contributed by atoms with Gasteiger partial charge in [0.1, 0.15) is 5.82 Å². The van der Waals surface area contributed by atoms with Crippen LogP contribution in [0.4, 0.5) is 19.0 Å². The van der Waals surface area contributed by atoms with Gasteiger partial charge in [0.25, 0.3) is 0 Å². The number of carbonyl (C=O) groups excluding carboxylic acids is 1. The van der Waals surface area contributed by atoms with Crippen LogP contribution in [0.15, 0.2) is 36.5 Å². The molecule has 0 aliphatic carbocycles. The highest BCUT2D eigenvalue weighted by Crippen LogP contribution is 2.28. The number of aryl methyl sites for hydroxylation is 1. The van der Waals surface area contributed by atoms with Crippen molar-refractivity contribution < 1.29 is 18.0 Å². The van der Waals surface area contributed by atoms with E-state index in [1.807, 2.05) is 19.1 Å². The molecule has 0 spiro atoms. The van der Waals surface area contributed by atoms with E-state index in [0.717, 1.165) is 17.1 Å². The Hall–Kier alpha value is -2.35. The molecule has 2 rings (SSSR count). The Labute approximate surface area is 141 Å². The second-order valence-corrected chi connectivity index (χ2v) is 6.25. The van der Waals surface area contributed by atoms with Gasteiger partial charge < -0.3 is 10.6 Å². The van der Waals surface area contributed by atoms with E-state index in [4.69, 9.17) is 0 Å². The predicted octanol–water partition coefficient (Wildman–Crippen LogP) is 3.71. The van der Waals surface area contributed by atoms with Gasteiger partial charge in [-0.05, 0) is 37.3 Å². The molecule has 128 valence electrons. The third-order valence-electron chi connectivity index (χ3n) is 2.98. The number of aromatic nitrogens is 1. The topological polar surface area (TPSA) is 54.0 Å². The first-order valence-corrected chi connectivity index (χ1v) is 7.96. The number of carbonyl (C=O) groups is 1. The summed E-state index contributed by atoms with van der Waals surface area (Å²) in [5.74, 6) is 0.0880. The van der Waals surface area contributed by atoms with Crippen LogP contribution in [-0.4, -0.2) is 24.0 Å². The summed E-state index contributed by atoms with van der Waals surface area (Å²) < 4.78 is 37.2. The number of anilines is 1. The van der Waals surface area contributed by atoms with Crippen molar-refractivity contribution in [3.63, 3.8) is 0 Å². The largest absolute Gasteiger partial charge is 0.417 e. The maximum atomic E-state index is 12.4. The summed E-state index contributed by atoms with van der Waals surface area (Å²) in [7, 11) is 0. The highest BCUT2D eigenvalue weighted by molar-refractivity contribution is 7.12. The Morgan fingerprint density at radius 3 is 2.62 bits per heavy atom. The molecule has 2 aromatic heterocycles. The number of thiophene rings is 1. The lowest BCUT2D eigenvalue weighted by Gasteiger charge is -2.08. The van der Waals surface area contributed by atoms with Gasteiger partial charge in [-0.25, -0.2) is 4.98 Å². The van der Waals surface area contributed by atoms with Crippen molar-refractivity contribution in [2.75, 3.05) is 18.4 Å². The average Bonchev–Trinajstić information content (AvgIpc) is 2.95. The van der Waals surface area contributed by atoms with Crippen LogP contribution < -0.4 is 10.6 Å². The first-order chi connectivity index (χ1) is 11.3. The van der Waals surface area contributed by atoms with E-state index in [-0.39, 0.29) is 5.91 Å².